The molecule has 1 aromatic rings. The Morgan fingerprint density at radius 1 is 0.976 bits per heavy atom. The number of likely N-dealkylation sites (tertiary alicyclic amines) is 1. The van der Waals surface area contributed by atoms with E-state index in [2.05, 4.69) is 18.9 Å². The molecule has 2 bridgehead atoms. The number of aromatic hydroxyl groups is 1. The summed E-state index contributed by atoms with van der Waals surface area (Å²) in [6, 6.07) is 3.61. The van der Waals surface area contributed by atoms with Crippen molar-refractivity contribution in [3.8, 4) is 11.5 Å². The third-order valence-electron chi connectivity index (χ3n) is 10.6. The first-order valence-corrected chi connectivity index (χ1v) is 16.8. The lowest BCUT2D eigenvalue weighted by molar-refractivity contribution is -0.169. The van der Waals surface area contributed by atoms with Crippen LogP contribution in [-0.4, -0.2) is 52.4 Å². The maximum atomic E-state index is 12.9. The number of carbonyl (C=O) groups is 1. The summed E-state index contributed by atoms with van der Waals surface area (Å²) in [5.41, 5.74) is 0.316. The smallest absolute Gasteiger partial charge is 0.310 e. The Labute approximate surface area is 247 Å². The van der Waals surface area contributed by atoms with Gasteiger partial charge in [-0.3, -0.25) is 4.79 Å². The molecule has 228 valence electrons. The predicted octanol–water partition coefficient (Wildman–Crippen LogP) is 7.47. The summed E-state index contributed by atoms with van der Waals surface area (Å²) in [6.45, 7) is 3.09. The van der Waals surface area contributed by atoms with Gasteiger partial charge in [0, 0.05) is 24.4 Å². The van der Waals surface area contributed by atoms with E-state index in [0.29, 0.717) is 30.8 Å². The van der Waals surface area contributed by atoms with Crippen molar-refractivity contribution in [1.82, 2.24) is 4.90 Å². The van der Waals surface area contributed by atoms with Crippen molar-refractivity contribution in [3.05, 3.63) is 35.1 Å². The molecule has 1 spiro atoms. The van der Waals surface area contributed by atoms with Gasteiger partial charge >= 0.3 is 5.97 Å². The molecule has 4 atom stereocenters. The van der Waals surface area contributed by atoms with E-state index in [1.165, 1.54) is 83.5 Å². The van der Waals surface area contributed by atoms with Crippen LogP contribution in [0.3, 0.4) is 0 Å². The van der Waals surface area contributed by atoms with Crippen LogP contribution in [-0.2, 0) is 21.4 Å². The molecule has 0 amide bonds. The third-order valence-corrected chi connectivity index (χ3v) is 10.6. The number of phenols is 1. The zero-order chi connectivity index (χ0) is 28.9. The van der Waals surface area contributed by atoms with Crippen LogP contribution in [0.2, 0.25) is 0 Å². The summed E-state index contributed by atoms with van der Waals surface area (Å²) in [5.74, 6) is 0.834. The quantitative estimate of drug-likeness (QED) is 0.150. The maximum Gasteiger partial charge on any atom is 0.310 e. The molecule has 2 aliphatic heterocycles. The van der Waals surface area contributed by atoms with Crippen molar-refractivity contribution < 1.29 is 24.5 Å². The first-order chi connectivity index (χ1) is 19.9. The average Bonchev–Trinajstić information content (AvgIpc) is 3.32. The SMILES string of the molecule is CCCCCCCCCCCCCCCCCC(=O)OC1=CC[C@@]2(O)[C@@H]3Cc4ccc(O)c5c4[C@@]2(CCN3C)[C@H]1O5. The Morgan fingerprint density at radius 3 is 2.22 bits per heavy atom. The van der Waals surface area contributed by atoms with Gasteiger partial charge in [-0.25, -0.2) is 0 Å². The van der Waals surface area contributed by atoms with E-state index in [9.17, 15) is 15.0 Å². The Kier molecular flexibility index (Phi) is 10.0. The lowest BCUT2D eigenvalue weighted by Gasteiger charge is -2.61. The van der Waals surface area contributed by atoms with E-state index < -0.39 is 17.1 Å². The molecule has 6 nitrogen and oxygen atoms in total. The molecule has 4 aliphatic rings. The second kappa shape index (κ2) is 13.5. The third kappa shape index (κ3) is 5.93. The normalized spacial score (nSPS) is 27.7. The van der Waals surface area contributed by atoms with Gasteiger partial charge in [0.15, 0.2) is 17.6 Å². The van der Waals surface area contributed by atoms with E-state index in [-0.39, 0.29) is 17.8 Å². The monoisotopic (exact) mass is 567 g/mol. The minimum Gasteiger partial charge on any atom is -0.504 e. The molecule has 41 heavy (non-hydrogen) atoms. The summed E-state index contributed by atoms with van der Waals surface area (Å²) < 4.78 is 12.3. The van der Waals surface area contributed by atoms with E-state index in [0.717, 1.165) is 36.9 Å². The van der Waals surface area contributed by atoms with Gasteiger partial charge in [0.25, 0.3) is 0 Å². The molecule has 0 unspecified atom stereocenters. The van der Waals surface area contributed by atoms with Crippen molar-refractivity contribution in [1.29, 1.82) is 0 Å². The van der Waals surface area contributed by atoms with Gasteiger partial charge in [-0.2, -0.15) is 0 Å². The summed E-state index contributed by atoms with van der Waals surface area (Å²) in [7, 11) is 2.07. The minimum absolute atomic E-state index is 0.0424. The molecule has 6 heteroatoms. The lowest BCUT2D eigenvalue weighted by atomic mass is 9.50. The number of piperidine rings is 1. The number of ether oxygens (including phenoxy) is 2. The Balaban J connectivity index is 1.04. The number of esters is 1. The molecule has 1 fully saturated rings. The van der Waals surface area contributed by atoms with Crippen LogP contribution in [0.25, 0.3) is 0 Å². The Bertz CT molecular complexity index is 1080. The van der Waals surface area contributed by atoms with Crippen LogP contribution in [0.5, 0.6) is 11.5 Å². The number of hydrogen-bond acceptors (Lipinski definition) is 6. The van der Waals surface area contributed by atoms with Gasteiger partial charge in [0.1, 0.15) is 5.76 Å². The van der Waals surface area contributed by atoms with Gasteiger partial charge in [-0.1, -0.05) is 103 Å². The highest BCUT2D eigenvalue weighted by Crippen LogP contribution is 2.65. The van der Waals surface area contributed by atoms with E-state index in [1.54, 1.807) is 6.07 Å². The highest BCUT2D eigenvalue weighted by atomic mass is 16.6. The van der Waals surface area contributed by atoms with Gasteiger partial charge in [0.2, 0.25) is 0 Å². The fourth-order valence-electron chi connectivity index (χ4n) is 8.26. The Morgan fingerprint density at radius 2 is 1.59 bits per heavy atom. The number of nitrogens with zero attached hydrogens (tertiary/aromatic N) is 1. The maximum absolute atomic E-state index is 12.9. The number of hydrogen-bond donors (Lipinski definition) is 2. The molecule has 5 rings (SSSR count). The largest absolute Gasteiger partial charge is 0.504 e. The number of rotatable bonds is 17. The van der Waals surface area contributed by atoms with Crippen molar-refractivity contribution in [3.63, 3.8) is 0 Å². The fourth-order valence-corrected chi connectivity index (χ4v) is 8.26. The number of benzene rings is 1. The number of likely N-dealkylation sites (N-methyl/N-ethyl adjacent to an activating group) is 1. The molecular weight excluding hydrogens is 514 g/mol. The zero-order valence-electron chi connectivity index (χ0n) is 25.6. The summed E-state index contributed by atoms with van der Waals surface area (Å²) in [4.78, 5) is 15.1. The molecule has 1 aromatic carbocycles. The summed E-state index contributed by atoms with van der Waals surface area (Å²) in [6.07, 6.45) is 22.9. The molecule has 0 saturated carbocycles. The lowest BCUT2D eigenvalue weighted by Crippen LogP contribution is -2.74. The summed E-state index contributed by atoms with van der Waals surface area (Å²) >= 11 is 0. The average molecular weight is 568 g/mol. The van der Waals surface area contributed by atoms with Crippen LogP contribution >= 0.6 is 0 Å². The highest BCUT2D eigenvalue weighted by molar-refractivity contribution is 5.71. The number of carbonyl (C=O) groups excluding carboxylic acids is 1. The van der Waals surface area contributed by atoms with Crippen molar-refractivity contribution in [2.75, 3.05) is 13.6 Å². The molecule has 0 aromatic heterocycles. The number of phenolic OH excluding ortho intramolecular Hbond substituents is 1. The van der Waals surface area contributed by atoms with Gasteiger partial charge < -0.3 is 24.6 Å². The van der Waals surface area contributed by atoms with E-state index >= 15 is 0 Å². The van der Waals surface area contributed by atoms with Crippen LogP contribution in [0.15, 0.2) is 24.0 Å². The van der Waals surface area contributed by atoms with Gasteiger partial charge in [-0.15, -0.1) is 0 Å². The second-order valence-corrected chi connectivity index (χ2v) is 13.3. The van der Waals surface area contributed by atoms with Crippen LogP contribution in [0.1, 0.15) is 134 Å². The highest BCUT2D eigenvalue weighted by Gasteiger charge is 2.72. The van der Waals surface area contributed by atoms with Crippen LogP contribution in [0, 0.1) is 0 Å². The van der Waals surface area contributed by atoms with Gasteiger partial charge in [-0.05, 0) is 50.6 Å². The van der Waals surface area contributed by atoms with Crippen molar-refractivity contribution in [2.45, 2.75) is 152 Å². The van der Waals surface area contributed by atoms with Gasteiger partial charge in [0.05, 0.1) is 11.0 Å². The second-order valence-electron chi connectivity index (χ2n) is 13.3. The molecular formula is C35H53NO5. The van der Waals surface area contributed by atoms with Crippen LogP contribution < -0.4 is 4.74 Å². The fraction of sp³-hybridized carbons (Fsp3) is 0.743. The first-order valence-electron chi connectivity index (χ1n) is 16.8. The van der Waals surface area contributed by atoms with E-state index in [1.807, 2.05) is 12.1 Å². The molecule has 0 radical (unpaired) electrons. The predicted molar refractivity (Wildman–Crippen MR) is 162 cm³/mol. The molecule has 2 heterocycles. The minimum atomic E-state index is -1.03. The van der Waals surface area contributed by atoms with E-state index in [4.69, 9.17) is 9.47 Å². The Hall–Kier alpha value is -2.05. The topological polar surface area (TPSA) is 79.2 Å². The molecule has 2 aliphatic carbocycles. The van der Waals surface area contributed by atoms with Crippen LogP contribution in [0.4, 0.5) is 0 Å². The zero-order valence-corrected chi connectivity index (χ0v) is 25.6. The molecule has 1 saturated heterocycles. The first kappa shape index (κ1) is 30.4. The molecule has 2 N–H and O–H groups in total. The summed E-state index contributed by atoms with van der Waals surface area (Å²) in [5, 5.41) is 22.9. The van der Waals surface area contributed by atoms with Crippen molar-refractivity contribution in [2.24, 2.45) is 0 Å². The number of aliphatic hydroxyl groups is 1. The van der Waals surface area contributed by atoms with Crippen molar-refractivity contribution >= 4 is 5.97 Å². The standard InChI is InChI=1S/C35H53NO5/c1-3-4-5-6-7-8-9-10-11-12-13-14-15-16-17-18-30(38)40-28-21-22-35(39)29-25-26-19-20-27(37)32-31(26)34(35,33(28)41-32)23-24-36(29)2/h19-21,29,33,37,39H,3-18,22-25H2,1-2H3/t29-,33-,34-,35+/m0/s1. The number of unbranched alkanes of at least 4 members (excludes halogenated alkanes) is 14.